The first-order chi connectivity index (χ1) is 10.9. The number of rotatable bonds is 3. The largest absolute Gasteiger partial charge is 0.362 e. The van der Waals surface area contributed by atoms with Gasteiger partial charge in [0.25, 0.3) is 0 Å². The van der Waals surface area contributed by atoms with Gasteiger partial charge in [0.15, 0.2) is 0 Å². The zero-order chi connectivity index (χ0) is 15.2. The Balaban J connectivity index is 1.98. The first kappa shape index (κ1) is 14.6. The van der Waals surface area contributed by atoms with Gasteiger partial charge in [0, 0.05) is 20.1 Å². The lowest BCUT2D eigenvalue weighted by atomic mass is 9.88. The molecule has 112 valence electrons. The van der Waals surface area contributed by atoms with Gasteiger partial charge in [-0.05, 0) is 29.5 Å². The van der Waals surface area contributed by atoms with E-state index in [2.05, 4.69) is 70.6 Å². The topological polar surface area (TPSA) is 15.6 Å². The summed E-state index contributed by atoms with van der Waals surface area (Å²) in [5.41, 5.74) is 5.61. The molecular formula is C20H22N2. The molecular weight excluding hydrogens is 268 g/mol. The normalized spacial score (nSPS) is 15.3. The van der Waals surface area contributed by atoms with E-state index in [4.69, 9.17) is 0 Å². The monoisotopic (exact) mass is 290 g/mol. The average molecular weight is 290 g/mol. The third-order valence-corrected chi connectivity index (χ3v) is 4.16. The standard InChI is InChI=1S/C20H22N2/c1-21-16-22-14-12-19(13-15-22)20(17-8-4-2-5-9-17)18-10-6-3-7-11-18/h2-11,16H,12-15H2,1H3. The smallest absolute Gasteiger partial charge is 0.0846 e. The van der Waals surface area contributed by atoms with Crippen LogP contribution < -0.4 is 0 Å². The number of hydrogen-bond donors (Lipinski definition) is 0. The van der Waals surface area contributed by atoms with Gasteiger partial charge in [-0.3, -0.25) is 4.99 Å². The zero-order valence-electron chi connectivity index (χ0n) is 13.1. The molecule has 2 nitrogen and oxygen atoms in total. The van der Waals surface area contributed by atoms with Crippen LogP contribution >= 0.6 is 0 Å². The summed E-state index contributed by atoms with van der Waals surface area (Å²) in [4.78, 5) is 6.43. The number of aliphatic imine (C=N–C) groups is 1. The molecule has 1 saturated heterocycles. The molecule has 0 radical (unpaired) electrons. The molecule has 2 heteroatoms. The minimum absolute atomic E-state index is 1.05. The number of hydrogen-bond acceptors (Lipinski definition) is 1. The fourth-order valence-corrected chi connectivity index (χ4v) is 3.11. The molecule has 22 heavy (non-hydrogen) atoms. The predicted octanol–water partition coefficient (Wildman–Crippen LogP) is 4.24. The summed E-state index contributed by atoms with van der Waals surface area (Å²) in [6.45, 7) is 2.10. The first-order valence-corrected chi connectivity index (χ1v) is 7.87. The molecule has 0 bridgehead atoms. The van der Waals surface area contributed by atoms with E-state index in [-0.39, 0.29) is 0 Å². The second-order valence-electron chi connectivity index (χ2n) is 5.62. The molecule has 0 atom stereocenters. The molecule has 1 fully saturated rings. The van der Waals surface area contributed by atoms with Gasteiger partial charge in [-0.15, -0.1) is 0 Å². The van der Waals surface area contributed by atoms with Gasteiger partial charge in [0.2, 0.25) is 0 Å². The third kappa shape index (κ3) is 3.28. The highest BCUT2D eigenvalue weighted by Crippen LogP contribution is 2.31. The number of nitrogens with zero attached hydrogens (tertiary/aromatic N) is 2. The van der Waals surface area contributed by atoms with Gasteiger partial charge in [-0.1, -0.05) is 66.2 Å². The lowest BCUT2D eigenvalue weighted by Crippen LogP contribution is -2.29. The van der Waals surface area contributed by atoms with Crippen molar-refractivity contribution in [3.63, 3.8) is 0 Å². The minimum Gasteiger partial charge on any atom is -0.362 e. The summed E-state index contributed by atoms with van der Waals surface area (Å²) in [5, 5.41) is 0. The van der Waals surface area contributed by atoms with Crippen LogP contribution in [-0.2, 0) is 0 Å². The van der Waals surface area contributed by atoms with Crippen molar-refractivity contribution >= 4 is 11.9 Å². The fourth-order valence-electron chi connectivity index (χ4n) is 3.11. The van der Waals surface area contributed by atoms with Crippen LogP contribution in [0.3, 0.4) is 0 Å². The molecule has 0 unspecified atom stereocenters. The predicted molar refractivity (Wildman–Crippen MR) is 94.1 cm³/mol. The van der Waals surface area contributed by atoms with E-state index in [0.717, 1.165) is 25.9 Å². The quantitative estimate of drug-likeness (QED) is 0.610. The van der Waals surface area contributed by atoms with Crippen molar-refractivity contribution in [1.82, 2.24) is 4.90 Å². The van der Waals surface area contributed by atoms with E-state index >= 15 is 0 Å². The van der Waals surface area contributed by atoms with Crippen molar-refractivity contribution in [1.29, 1.82) is 0 Å². The van der Waals surface area contributed by atoms with Gasteiger partial charge < -0.3 is 4.90 Å². The number of benzene rings is 2. The Hall–Kier alpha value is -2.35. The van der Waals surface area contributed by atoms with Crippen molar-refractivity contribution < 1.29 is 0 Å². The molecule has 1 aliphatic heterocycles. The van der Waals surface area contributed by atoms with E-state index in [1.807, 2.05) is 13.4 Å². The molecule has 0 aromatic heterocycles. The van der Waals surface area contributed by atoms with E-state index in [1.165, 1.54) is 16.7 Å². The Morgan fingerprint density at radius 3 is 1.82 bits per heavy atom. The van der Waals surface area contributed by atoms with Gasteiger partial charge >= 0.3 is 0 Å². The fraction of sp³-hybridized carbons (Fsp3) is 0.250. The SMILES string of the molecule is CN=CN1CCC(=C(c2ccccc2)c2ccccc2)CC1. The van der Waals surface area contributed by atoms with Crippen molar-refractivity contribution in [3.05, 3.63) is 77.4 Å². The summed E-state index contributed by atoms with van der Waals surface area (Å²) in [5.74, 6) is 0. The molecule has 1 aliphatic rings. The van der Waals surface area contributed by atoms with Crippen LogP contribution in [0.5, 0.6) is 0 Å². The summed E-state index contributed by atoms with van der Waals surface area (Å²) in [7, 11) is 1.84. The molecule has 0 aliphatic carbocycles. The zero-order valence-corrected chi connectivity index (χ0v) is 13.1. The van der Waals surface area contributed by atoms with Gasteiger partial charge in [-0.2, -0.15) is 0 Å². The second-order valence-corrected chi connectivity index (χ2v) is 5.62. The molecule has 0 saturated carbocycles. The summed E-state index contributed by atoms with van der Waals surface area (Å²) < 4.78 is 0. The summed E-state index contributed by atoms with van der Waals surface area (Å²) in [6, 6.07) is 21.5. The van der Waals surface area contributed by atoms with Crippen molar-refractivity contribution in [2.75, 3.05) is 20.1 Å². The maximum Gasteiger partial charge on any atom is 0.0846 e. The number of piperidine rings is 1. The van der Waals surface area contributed by atoms with E-state index < -0.39 is 0 Å². The molecule has 2 aromatic carbocycles. The van der Waals surface area contributed by atoms with Crippen LogP contribution in [0.4, 0.5) is 0 Å². The molecule has 0 amide bonds. The molecule has 0 spiro atoms. The maximum atomic E-state index is 4.13. The molecule has 2 aromatic rings. The van der Waals surface area contributed by atoms with E-state index in [1.54, 1.807) is 5.57 Å². The van der Waals surface area contributed by atoms with Crippen LogP contribution in [-0.4, -0.2) is 31.4 Å². The summed E-state index contributed by atoms with van der Waals surface area (Å²) in [6.07, 6.45) is 4.16. The van der Waals surface area contributed by atoms with Crippen LogP contribution in [0.15, 0.2) is 71.2 Å². The van der Waals surface area contributed by atoms with E-state index in [0.29, 0.717) is 0 Å². The van der Waals surface area contributed by atoms with Crippen molar-refractivity contribution in [2.24, 2.45) is 4.99 Å². The van der Waals surface area contributed by atoms with Crippen LogP contribution in [0.25, 0.3) is 5.57 Å². The Morgan fingerprint density at radius 1 is 0.864 bits per heavy atom. The highest BCUT2D eigenvalue weighted by molar-refractivity contribution is 5.82. The first-order valence-electron chi connectivity index (χ1n) is 7.87. The van der Waals surface area contributed by atoms with Gasteiger partial charge in [0.1, 0.15) is 0 Å². The molecule has 3 rings (SSSR count). The minimum atomic E-state index is 1.05. The highest BCUT2D eigenvalue weighted by Gasteiger charge is 2.17. The van der Waals surface area contributed by atoms with Gasteiger partial charge in [0.05, 0.1) is 6.34 Å². The Kier molecular flexibility index (Phi) is 4.69. The average Bonchev–Trinajstić information content (AvgIpc) is 2.59. The summed E-state index contributed by atoms with van der Waals surface area (Å²) >= 11 is 0. The van der Waals surface area contributed by atoms with E-state index in [9.17, 15) is 0 Å². The lowest BCUT2D eigenvalue weighted by molar-refractivity contribution is 0.399. The van der Waals surface area contributed by atoms with Crippen LogP contribution in [0.1, 0.15) is 24.0 Å². The van der Waals surface area contributed by atoms with Crippen LogP contribution in [0, 0.1) is 0 Å². The lowest BCUT2D eigenvalue weighted by Gasteiger charge is -2.28. The highest BCUT2D eigenvalue weighted by atomic mass is 15.1. The van der Waals surface area contributed by atoms with Crippen molar-refractivity contribution in [2.45, 2.75) is 12.8 Å². The molecule has 1 heterocycles. The van der Waals surface area contributed by atoms with Crippen molar-refractivity contribution in [3.8, 4) is 0 Å². The Bertz CT molecular complexity index is 605. The maximum absolute atomic E-state index is 4.13. The molecule has 0 N–H and O–H groups in total. The van der Waals surface area contributed by atoms with Gasteiger partial charge in [-0.25, -0.2) is 0 Å². The second kappa shape index (κ2) is 7.08. The third-order valence-electron chi connectivity index (χ3n) is 4.16. The Morgan fingerprint density at radius 2 is 1.36 bits per heavy atom. The number of likely N-dealkylation sites (tertiary alicyclic amines) is 1. The van der Waals surface area contributed by atoms with Crippen LogP contribution in [0.2, 0.25) is 0 Å². The Labute approximate surface area is 132 Å².